The maximum absolute atomic E-state index is 12.3. The minimum absolute atomic E-state index is 0.0379. The highest BCUT2D eigenvalue weighted by Crippen LogP contribution is 2.29. The number of methoxy groups -OCH3 is 1. The first-order chi connectivity index (χ1) is 13.9. The Labute approximate surface area is 171 Å². The van der Waals surface area contributed by atoms with Crippen LogP contribution in [-0.4, -0.2) is 31.6 Å². The lowest BCUT2D eigenvalue weighted by atomic mass is 10.1. The Balaban J connectivity index is 2.03. The fraction of sp³-hybridized carbons (Fsp3) is 0.304. The zero-order chi connectivity index (χ0) is 21.2. The number of anilines is 1. The van der Waals surface area contributed by atoms with Crippen LogP contribution in [0.1, 0.15) is 43.1 Å². The molecule has 0 spiro atoms. The number of nitrogens with one attached hydrogen (secondary N) is 2. The molecular formula is C23H28N2O4. The van der Waals surface area contributed by atoms with Gasteiger partial charge in [0.2, 0.25) is 5.91 Å². The van der Waals surface area contributed by atoms with E-state index < -0.39 is 0 Å². The number of amides is 2. The van der Waals surface area contributed by atoms with Crippen molar-refractivity contribution in [2.45, 2.75) is 33.3 Å². The SMILES string of the molecule is CCCNC(=O)c1cccc(NC(=O)/C=C/c2ccc(OC(C)C)c(OC)c2)c1. The molecule has 2 amide bonds. The molecule has 29 heavy (non-hydrogen) atoms. The number of rotatable bonds is 9. The number of benzene rings is 2. The van der Waals surface area contributed by atoms with E-state index in [0.717, 1.165) is 12.0 Å². The highest BCUT2D eigenvalue weighted by atomic mass is 16.5. The van der Waals surface area contributed by atoms with Crippen LogP contribution in [0.2, 0.25) is 0 Å². The summed E-state index contributed by atoms with van der Waals surface area (Å²) in [6, 6.07) is 12.3. The smallest absolute Gasteiger partial charge is 0.251 e. The van der Waals surface area contributed by atoms with E-state index >= 15 is 0 Å². The molecule has 0 heterocycles. The number of ether oxygens (including phenoxy) is 2. The Kier molecular flexibility index (Phi) is 8.27. The van der Waals surface area contributed by atoms with Crippen LogP contribution < -0.4 is 20.1 Å². The van der Waals surface area contributed by atoms with E-state index in [4.69, 9.17) is 9.47 Å². The molecule has 0 saturated carbocycles. The molecule has 154 valence electrons. The average Bonchev–Trinajstić information content (AvgIpc) is 2.71. The van der Waals surface area contributed by atoms with E-state index in [1.54, 1.807) is 43.5 Å². The van der Waals surface area contributed by atoms with Gasteiger partial charge in [0.15, 0.2) is 11.5 Å². The summed E-state index contributed by atoms with van der Waals surface area (Å²) in [7, 11) is 1.58. The number of hydrogen-bond acceptors (Lipinski definition) is 4. The van der Waals surface area contributed by atoms with Crippen molar-refractivity contribution in [1.29, 1.82) is 0 Å². The molecule has 0 aliphatic heterocycles. The zero-order valence-corrected chi connectivity index (χ0v) is 17.3. The van der Waals surface area contributed by atoms with E-state index in [1.807, 2.05) is 32.9 Å². The Hall–Kier alpha value is -3.28. The van der Waals surface area contributed by atoms with Gasteiger partial charge in [-0.15, -0.1) is 0 Å². The van der Waals surface area contributed by atoms with E-state index in [9.17, 15) is 9.59 Å². The molecule has 0 aliphatic rings. The first-order valence-corrected chi connectivity index (χ1v) is 9.65. The summed E-state index contributed by atoms with van der Waals surface area (Å²) in [6.07, 6.45) is 4.02. The minimum Gasteiger partial charge on any atom is -0.493 e. The molecule has 2 N–H and O–H groups in total. The molecule has 0 atom stereocenters. The molecule has 2 rings (SSSR count). The standard InChI is InChI=1S/C23H28N2O4/c1-5-13-24-23(27)18-7-6-8-19(15-18)25-22(26)12-10-17-9-11-20(29-16(2)3)21(14-17)28-4/h6-12,14-16H,5,13H2,1-4H3,(H,24,27)(H,25,26)/b12-10+. The maximum Gasteiger partial charge on any atom is 0.251 e. The summed E-state index contributed by atoms with van der Waals surface area (Å²) in [5.74, 6) is 0.807. The van der Waals surface area contributed by atoms with Crippen LogP contribution >= 0.6 is 0 Å². The molecule has 0 fully saturated rings. The van der Waals surface area contributed by atoms with Gasteiger partial charge in [0.25, 0.3) is 5.91 Å². The van der Waals surface area contributed by atoms with E-state index in [2.05, 4.69) is 10.6 Å². The largest absolute Gasteiger partial charge is 0.493 e. The molecule has 0 bridgehead atoms. The van der Waals surface area contributed by atoms with E-state index in [1.165, 1.54) is 6.08 Å². The molecule has 0 saturated heterocycles. The summed E-state index contributed by atoms with van der Waals surface area (Å²) in [5, 5.41) is 5.58. The van der Waals surface area contributed by atoms with Gasteiger partial charge in [0.05, 0.1) is 13.2 Å². The molecule has 6 heteroatoms. The van der Waals surface area contributed by atoms with Crippen molar-refractivity contribution < 1.29 is 19.1 Å². The van der Waals surface area contributed by atoms with Gasteiger partial charge in [-0.05, 0) is 62.2 Å². The first-order valence-electron chi connectivity index (χ1n) is 9.65. The molecule has 0 aliphatic carbocycles. The van der Waals surface area contributed by atoms with Gasteiger partial charge in [-0.2, -0.15) is 0 Å². The Bertz CT molecular complexity index is 875. The second kappa shape index (κ2) is 10.9. The van der Waals surface area contributed by atoms with Crippen LogP contribution in [0.25, 0.3) is 6.08 Å². The van der Waals surface area contributed by atoms with Crippen LogP contribution in [0, 0.1) is 0 Å². The van der Waals surface area contributed by atoms with Gasteiger partial charge in [-0.1, -0.05) is 19.1 Å². The van der Waals surface area contributed by atoms with Crippen LogP contribution in [-0.2, 0) is 4.79 Å². The van der Waals surface area contributed by atoms with Crippen molar-refractivity contribution in [2.75, 3.05) is 19.0 Å². The summed E-state index contributed by atoms with van der Waals surface area (Å²) in [6.45, 7) is 6.49. The minimum atomic E-state index is -0.294. The fourth-order valence-corrected chi connectivity index (χ4v) is 2.57. The Morgan fingerprint density at radius 3 is 2.59 bits per heavy atom. The Morgan fingerprint density at radius 1 is 1.10 bits per heavy atom. The molecular weight excluding hydrogens is 368 g/mol. The van der Waals surface area contributed by atoms with E-state index in [-0.39, 0.29) is 17.9 Å². The maximum atomic E-state index is 12.3. The lowest BCUT2D eigenvalue weighted by Crippen LogP contribution is -2.24. The van der Waals surface area contributed by atoms with Crippen LogP contribution in [0.15, 0.2) is 48.5 Å². The second-order valence-corrected chi connectivity index (χ2v) is 6.74. The molecule has 2 aromatic carbocycles. The molecule has 6 nitrogen and oxygen atoms in total. The fourth-order valence-electron chi connectivity index (χ4n) is 2.57. The highest BCUT2D eigenvalue weighted by Gasteiger charge is 2.08. The van der Waals surface area contributed by atoms with Gasteiger partial charge >= 0.3 is 0 Å². The van der Waals surface area contributed by atoms with Crippen molar-refractivity contribution in [3.8, 4) is 11.5 Å². The zero-order valence-electron chi connectivity index (χ0n) is 17.3. The predicted octanol–water partition coefficient (Wildman–Crippen LogP) is 4.27. The summed E-state index contributed by atoms with van der Waals surface area (Å²) < 4.78 is 11.0. The Morgan fingerprint density at radius 2 is 1.90 bits per heavy atom. The quantitative estimate of drug-likeness (QED) is 0.621. The summed E-state index contributed by atoms with van der Waals surface area (Å²) in [4.78, 5) is 24.3. The van der Waals surface area contributed by atoms with Crippen LogP contribution in [0.3, 0.4) is 0 Å². The van der Waals surface area contributed by atoms with Gasteiger partial charge in [0.1, 0.15) is 0 Å². The third-order valence-corrected chi connectivity index (χ3v) is 3.91. The monoisotopic (exact) mass is 396 g/mol. The number of carbonyl (C=O) groups excluding carboxylic acids is 2. The molecule has 0 aromatic heterocycles. The first kappa shape index (κ1) is 22.0. The van der Waals surface area contributed by atoms with Crippen LogP contribution in [0.5, 0.6) is 11.5 Å². The third-order valence-electron chi connectivity index (χ3n) is 3.91. The predicted molar refractivity (Wildman–Crippen MR) is 115 cm³/mol. The lowest BCUT2D eigenvalue weighted by molar-refractivity contribution is -0.111. The highest BCUT2D eigenvalue weighted by molar-refractivity contribution is 6.03. The van der Waals surface area contributed by atoms with Crippen molar-refractivity contribution in [3.05, 3.63) is 59.7 Å². The third kappa shape index (κ3) is 6.99. The van der Waals surface area contributed by atoms with Crippen molar-refractivity contribution >= 4 is 23.6 Å². The van der Waals surface area contributed by atoms with Gasteiger partial charge in [-0.3, -0.25) is 9.59 Å². The van der Waals surface area contributed by atoms with Crippen molar-refractivity contribution in [1.82, 2.24) is 5.32 Å². The van der Waals surface area contributed by atoms with Gasteiger partial charge in [0, 0.05) is 23.9 Å². The topological polar surface area (TPSA) is 76.7 Å². The second-order valence-electron chi connectivity index (χ2n) is 6.74. The normalized spacial score (nSPS) is 10.8. The van der Waals surface area contributed by atoms with Crippen molar-refractivity contribution in [3.63, 3.8) is 0 Å². The summed E-state index contributed by atoms with van der Waals surface area (Å²) in [5.41, 5.74) is 1.87. The lowest BCUT2D eigenvalue weighted by Gasteiger charge is -2.13. The van der Waals surface area contributed by atoms with E-state index in [0.29, 0.717) is 29.3 Å². The molecule has 0 unspecified atom stereocenters. The molecule has 2 aromatic rings. The average molecular weight is 396 g/mol. The van der Waals surface area contributed by atoms with Gasteiger partial charge < -0.3 is 20.1 Å². The van der Waals surface area contributed by atoms with Crippen LogP contribution in [0.4, 0.5) is 5.69 Å². The number of carbonyl (C=O) groups is 2. The van der Waals surface area contributed by atoms with Gasteiger partial charge in [-0.25, -0.2) is 0 Å². The summed E-state index contributed by atoms with van der Waals surface area (Å²) >= 11 is 0. The van der Waals surface area contributed by atoms with Crippen molar-refractivity contribution in [2.24, 2.45) is 0 Å². The molecule has 0 radical (unpaired) electrons. The number of hydrogen-bond donors (Lipinski definition) is 2.